The molecule has 10 heterocycles. The maximum atomic E-state index is 12.7. The zero-order valence-corrected chi connectivity index (χ0v) is 60.0. The number of hydrogen-bond acceptors (Lipinski definition) is 51. The maximum Gasteiger partial charge on any atom is 0.217 e. The molecule has 0 spiro atoms. The van der Waals surface area contributed by atoms with Crippen molar-refractivity contribution in [1.29, 1.82) is 0 Å². The number of carbonyl (C=O) groups is 1. The molecule has 0 aromatic heterocycles. The van der Waals surface area contributed by atoms with Gasteiger partial charge >= 0.3 is 0 Å². The number of ether oxygens (including phenoxy) is 19. The Morgan fingerprint density at radius 3 is 0.851 bits per heavy atom. The molecular weight excluding hydrogens is 1570 g/mol. The number of amides is 1. The first kappa shape index (κ1) is 93.7. The molecule has 0 aliphatic carbocycles. The summed E-state index contributed by atoms with van der Waals surface area (Å²) in [6, 6.07) is -1.83. The van der Waals surface area contributed by atoms with Gasteiger partial charge in [-0.25, -0.2) is 0 Å². The second-order valence-electron chi connectivity index (χ2n) is 28.8. The van der Waals surface area contributed by atoms with Crippen LogP contribution in [-0.4, -0.2) is 537 Å². The summed E-state index contributed by atoms with van der Waals surface area (Å²) in [5.41, 5.74) is 0. The number of aliphatic hydroxyl groups excluding tert-OH is 31. The second kappa shape index (κ2) is 40.6. The van der Waals surface area contributed by atoms with Crippen molar-refractivity contribution in [2.45, 2.75) is 314 Å². The lowest BCUT2D eigenvalue weighted by Crippen LogP contribution is -2.69. The molecule has 10 saturated heterocycles. The van der Waals surface area contributed by atoms with Gasteiger partial charge in [0.15, 0.2) is 62.9 Å². The fraction of sp³-hybridized carbons (Fsp3) is 0.984. The highest BCUT2D eigenvalue weighted by Crippen LogP contribution is 2.40. The summed E-state index contributed by atoms with van der Waals surface area (Å²) in [7, 11) is 0. The molecule has 10 rings (SSSR count). The molecule has 664 valence electrons. The third-order valence-electron chi connectivity index (χ3n) is 21.2. The summed E-state index contributed by atoms with van der Waals surface area (Å²) in [6.07, 6.45) is -106. The topological polar surface area (TPSA) is 832 Å². The average molecular weight is 1680 g/mol. The van der Waals surface area contributed by atoms with Crippen LogP contribution in [0.5, 0.6) is 0 Å². The van der Waals surface area contributed by atoms with Gasteiger partial charge in [0.2, 0.25) is 5.91 Å². The Bertz CT molecular complexity index is 2910. The molecule has 50 atom stereocenters. The van der Waals surface area contributed by atoms with Crippen LogP contribution in [-0.2, 0) is 94.8 Å². The van der Waals surface area contributed by atoms with Gasteiger partial charge < -0.3 is 254 Å². The van der Waals surface area contributed by atoms with Crippen molar-refractivity contribution in [2.24, 2.45) is 0 Å². The normalized spacial score (nSPS) is 52.6. The van der Waals surface area contributed by atoms with Crippen LogP contribution in [0.15, 0.2) is 0 Å². The van der Waals surface area contributed by atoms with Gasteiger partial charge in [-0.2, -0.15) is 0 Å². The first-order valence-electron chi connectivity index (χ1n) is 36.2. The highest BCUT2D eigenvalue weighted by atomic mass is 16.8. The summed E-state index contributed by atoms with van der Waals surface area (Å²) >= 11 is 0. The van der Waals surface area contributed by atoms with E-state index in [-0.39, 0.29) is 0 Å². The Balaban J connectivity index is 1.00. The van der Waals surface area contributed by atoms with E-state index >= 15 is 0 Å². The lowest BCUT2D eigenvalue weighted by Gasteiger charge is -2.50. The van der Waals surface area contributed by atoms with E-state index in [2.05, 4.69) is 5.32 Å². The molecule has 0 saturated carbocycles. The van der Waals surface area contributed by atoms with Crippen molar-refractivity contribution in [1.82, 2.24) is 5.32 Å². The third kappa shape index (κ3) is 19.9. The van der Waals surface area contributed by atoms with Crippen LogP contribution >= 0.6 is 0 Å². The number of hydrogen-bond donors (Lipinski definition) is 32. The standard InChI is InChI=1S/C62H105NO51/c1-12(71)63-23-33(81)47(19(8-70)99-53(23)95)109-59-46(94)49(111-62-52(40(88)30(78)20(108-62)9-96-54-41(89)34(82)24(72)13(2-64)100-54)114-61-51(39(87)29(77)18(7-69)105-61)113-58-44(92)37(85)27(75)16(5-67)103-58)32(80)22(107-59)10-97-55-45(93)48(110-56-42(90)35(83)25(73)14(3-65)101-56)31(79)21(106-55)11-98-60-50(38(86)28(76)17(6-68)104-60)112-57-43(91)36(84)26(74)15(4-66)102-57/h13-62,64-70,72-95H,2-11H2,1H3,(H,63,71)/t13-,14-,15-,16-,17-,18-,19-,20-,21-,22-,23-,24-,25-,26-,27-,28-,29-,30-,31-,32-,33-,34+,35+,36+,37+,38+,39+,40+,41+,42+,43+,44+,45+,46+,47-,48+,49+,50+,51+,52+,53-,54+,55+,56-,57-,58-,59-,60+,61-,62-/m1/s1. The fourth-order valence-electron chi connectivity index (χ4n) is 14.5. The van der Waals surface area contributed by atoms with E-state index < -0.39 is 379 Å². The van der Waals surface area contributed by atoms with Crippen molar-refractivity contribution in [3.8, 4) is 0 Å². The second-order valence-corrected chi connectivity index (χ2v) is 28.8. The molecule has 0 aromatic rings. The zero-order valence-electron chi connectivity index (χ0n) is 60.0. The monoisotopic (exact) mass is 1680 g/mol. The molecular formula is C62H105NO51. The van der Waals surface area contributed by atoms with E-state index in [1.165, 1.54) is 0 Å². The van der Waals surface area contributed by atoms with Gasteiger partial charge in [0.05, 0.1) is 66.1 Å². The van der Waals surface area contributed by atoms with Crippen LogP contribution in [0.25, 0.3) is 0 Å². The highest BCUT2D eigenvalue weighted by molar-refractivity contribution is 5.73. The molecule has 0 unspecified atom stereocenters. The quantitative estimate of drug-likeness (QED) is 0.0331. The van der Waals surface area contributed by atoms with Crippen molar-refractivity contribution < 1.29 is 253 Å². The summed E-state index contributed by atoms with van der Waals surface area (Å²) in [5.74, 6) is -0.891. The van der Waals surface area contributed by atoms with Gasteiger partial charge in [0, 0.05) is 6.92 Å². The maximum absolute atomic E-state index is 12.7. The van der Waals surface area contributed by atoms with Gasteiger partial charge in [0.1, 0.15) is 244 Å². The average Bonchev–Trinajstić information content (AvgIpc) is 0.762. The lowest BCUT2D eigenvalue weighted by molar-refractivity contribution is -0.409. The Morgan fingerprint density at radius 1 is 0.228 bits per heavy atom. The van der Waals surface area contributed by atoms with Crippen LogP contribution < -0.4 is 5.32 Å². The minimum absolute atomic E-state index is 0.891. The van der Waals surface area contributed by atoms with E-state index in [1.807, 2.05) is 0 Å². The molecule has 0 bridgehead atoms. The Kier molecular flexibility index (Phi) is 33.4. The molecule has 10 fully saturated rings. The SMILES string of the molecule is CC(=O)N[C@@H]1[C@@H](O)[C@H](O[C@H]2O[C@H](CO[C@H]3O[C@H](CO[C@H]4O[C@H](CO)[C@@H](O)[C@H](O)[C@@H]4O[C@H]4O[C@H](CO)[C@@H](O)[C@H](O)[C@@H]4O)[C@@H](O)[C@H](O[C@H]4O[C@H](CO)[C@@H](O)[C@H](O)[C@@H]4O)[C@@H]3O)[C@@H](O)[C@H](O[C@H]3O[C@H](CO[C@H]4O[C@H](CO)[C@@H](O)[C@H](O)[C@@H]4O)[C@@H](O)[C@H](O)[C@@H]3O[C@H]3O[C@H](CO)[C@@H](O)[C@H](O)[C@@H]3O[C@H]3O[C@H](CO)[C@@H](O)[C@H](O)[C@@H]3O)[C@@H]2O)[C@@H](CO)O[C@H]1O. The van der Waals surface area contributed by atoms with Gasteiger partial charge in [-0.15, -0.1) is 0 Å². The smallest absolute Gasteiger partial charge is 0.217 e. The summed E-state index contributed by atoms with van der Waals surface area (Å²) in [5, 5.41) is 343. The largest absolute Gasteiger partial charge is 0.394 e. The van der Waals surface area contributed by atoms with E-state index in [0.717, 1.165) is 6.92 Å². The molecule has 0 radical (unpaired) electrons. The lowest BCUT2D eigenvalue weighted by atomic mass is 9.94. The van der Waals surface area contributed by atoms with Crippen molar-refractivity contribution in [2.75, 3.05) is 66.1 Å². The van der Waals surface area contributed by atoms with Crippen molar-refractivity contribution >= 4 is 5.91 Å². The number of nitrogens with one attached hydrogen (secondary N) is 1. The first-order valence-corrected chi connectivity index (χ1v) is 36.2. The molecule has 52 heteroatoms. The fourth-order valence-corrected chi connectivity index (χ4v) is 14.5. The molecule has 10 aliphatic heterocycles. The summed E-state index contributed by atoms with van der Waals surface area (Å²) in [4.78, 5) is 12.4. The van der Waals surface area contributed by atoms with E-state index in [9.17, 15) is 163 Å². The Hall–Kier alpha value is -2.53. The van der Waals surface area contributed by atoms with Gasteiger partial charge in [-0.3, -0.25) is 4.79 Å². The van der Waals surface area contributed by atoms with E-state index in [4.69, 9.17) is 90.0 Å². The summed E-state index contributed by atoms with van der Waals surface area (Å²) in [6.45, 7) is -10.0. The minimum atomic E-state index is -2.63. The molecule has 32 N–H and O–H groups in total. The number of rotatable bonds is 29. The predicted octanol–water partition coefficient (Wildman–Crippen LogP) is -22.7. The highest BCUT2D eigenvalue weighted by Gasteiger charge is 2.61. The molecule has 114 heavy (non-hydrogen) atoms. The minimum Gasteiger partial charge on any atom is -0.394 e. The van der Waals surface area contributed by atoms with Gasteiger partial charge in [-0.05, 0) is 0 Å². The number of aliphatic hydroxyl groups is 31. The van der Waals surface area contributed by atoms with Crippen LogP contribution in [0, 0.1) is 0 Å². The zero-order chi connectivity index (χ0) is 83.7. The Morgan fingerprint density at radius 2 is 0.465 bits per heavy atom. The first-order chi connectivity index (χ1) is 54.0. The van der Waals surface area contributed by atoms with E-state index in [0.29, 0.717) is 0 Å². The molecule has 52 nitrogen and oxygen atoms in total. The third-order valence-corrected chi connectivity index (χ3v) is 21.2. The van der Waals surface area contributed by atoms with Crippen LogP contribution in [0.3, 0.4) is 0 Å². The number of carbonyl (C=O) groups excluding carboxylic acids is 1. The van der Waals surface area contributed by atoms with Crippen molar-refractivity contribution in [3.63, 3.8) is 0 Å². The van der Waals surface area contributed by atoms with Crippen LogP contribution in [0.4, 0.5) is 0 Å². The molecule has 1 amide bonds. The van der Waals surface area contributed by atoms with Crippen LogP contribution in [0.1, 0.15) is 6.92 Å². The molecule has 0 aromatic carbocycles. The van der Waals surface area contributed by atoms with Gasteiger partial charge in [-0.1, -0.05) is 0 Å². The van der Waals surface area contributed by atoms with Crippen molar-refractivity contribution in [3.05, 3.63) is 0 Å². The van der Waals surface area contributed by atoms with Crippen LogP contribution in [0.2, 0.25) is 0 Å². The summed E-state index contributed by atoms with van der Waals surface area (Å²) < 4.78 is 110. The van der Waals surface area contributed by atoms with E-state index in [1.54, 1.807) is 0 Å². The Labute approximate surface area is 642 Å². The molecule has 10 aliphatic rings. The van der Waals surface area contributed by atoms with Gasteiger partial charge in [0.25, 0.3) is 0 Å². The predicted molar refractivity (Wildman–Crippen MR) is 341 cm³/mol.